The molecule has 9 nitrogen and oxygen atoms in total. The molecule has 168 valence electrons. The molecule has 9 heteroatoms. The molecule has 0 fully saturated rings. The summed E-state index contributed by atoms with van der Waals surface area (Å²) in [7, 11) is 3.73. The van der Waals surface area contributed by atoms with Crippen molar-refractivity contribution in [3.63, 3.8) is 0 Å². The monoisotopic (exact) mass is 427 g/mol. The quantitative estimate of drug-likeness (QED) is 0.526. The predicted octanol–water partition coefficient (Wildman–Crippen LogP) is 3.77. The number of nitrogens with one attached hydrogen (secondary N) is 1. The van der Waals surface area contributed by atoms with Crippen molar-refractivity contribution in [1.82, 2.24) is 24.8 Å². The molecule has 0 radical (unpaired) electrons. The lowest BCUT2D eigenvalue weighted by Gasteiger charge is -2.14. The summed E-state index contributed by atoms with van der Waals surface area (Å²) in [5, 5.41) is 2.84. The zero-order valence-corrected chi connectivity index (χ0v) is 19.0. The number of nitrogens with zero attached hydrogens (tertiary/aromatic N) is 5. The Morgan fingerprint density at radius 3 is 2.58 bits per heavy atom. The highest BCUT2D eigenvalue weighted by Gasteiger charge is 2.13. The summed E-state index contributed by atoms with van der Waals surface area (Å²) in [5.41, 5.74) is 8.32. The van der Waals surface area contributed by atoms with E-state index in [2.05, 4.69) is 20.3 Å². The molecule has 0 saturated carbocycles. The second kappa shape index (κ2) is 11.7. The topological polar surface area (TPSA) is 111 Å². The lowest BCUT2D eigenvalue weighted by molar-refractivity contribution is 0.140. The Balaban J connectivity index is 0.00000166. The maximum Gasteiger partial charge on any atom is 0.407 e. The van der Waals surface area contributed by atoms with Gasteiger partial charge >= 0.3 is 6.09 Å². The number of rotatable bonds is 8. The SMILES string of the molecule is CC.CC(NC(=O)OCCCCn1cnc2c(N)nc(N(C)C)nc21)c1ccccc1. The Morgan fingerprint density at radius 1 is 1.19 bits per heavy atom. The number of fused-ring (bicyclic) bond motifs is 1. The van der Waals surface area contributed by atoms with Gasteiger partial charge in [0.05, 0.1) is 19.0 Å². The molecular formula is C22H33N7O2. The lowest BCUT2D eigenvalue weighted by Crippen LogP contribution is -2.27. The van der Waals surface area contributed by atoms with Gasteiger partial charge in [-0.15, -0.1) is 0 Å². The van der Waals surface area contributed by atoms with E-state index in [1.165, 1.54) is 0 Å². The van der Waals surface area contributed by atoms with Crippen LogP contribution in [0.5, 0.6) is 0 Å². The third-order valence-corrected chi connectivity index (χ3v) is 4.54. The number of nitrogens with two attached hydrogens (primary N) is 1. The molecule has 1 amide bonds. The van der Waals surface area contributed by atoms with Crippen molar-refractivity contribution in [2.45, 2.75) is 46.2 Å². The van der Waals surface area contributed by atoms with Crippen molar-refractivity contribution in [3.8, 4) is 0 Å². The molecule has 1 aromatic carbocycles. The predicted molar refractivity (Wildman–Crippen MR) is 124 cm³/mol. The number of carbonyl (C=O) groups is 1. The van der Waals surface area contributed by atoms with Gasteiger partial charge in [-0.1, -0.05) is 44.2 Å². The molecule has 3 rings (SSSR count). The first-order valence-corrected chi connectivity index (χ1v) is 10.6. The number of hydrogen-bond donors (Lipinski definition) is 2. The average molecular weight is 428 g/mol. The normalized spacial score (nSPS) is 11.4. The summed E-state index contributed by atoms with van der Waals surface area (Å²) < 4.78 is 7.23. The van der Waals surface area contributed by atoms with E-state index in [4.69, 9.17) is 10.5 Å². The van der Waals surface area contributed by atoms with Crippen LogP contribution in [0.15, 0.2) is 36.7 Å². The molecule has 2 aromatic heterocycles. The van der Waals surface area contributed by atoms with Gasteiger partial charge in [-0.05, 0) is 25.3 Å². The van der Waals surface area contributed by atoms with Gasteiger partial charge in [-0.3, -0.25) is 0 Å². The van der Waals surface area contributed by atoms with E-state index in [0.29, 0.717) is 36.1 Å². The fourth-order valence-electron chi connectivity index (χ4n) is 2.91. The van der Waals surface area contributed by atoms with Crippen LogP contribution in [-0.4, -0.2) is 46.3 Å². The molecular weight excluding hydrogens is 394 g/mol. The first-order chi connectivity index (χ1) is 15.0. The van der Waals surface area contributed by atoms with Crippen molar-refractivity contribution in [1.29, 1.82) is 0 Å². The number of nitrogen functional groups attached to an aromatic ring is 1. The molecule has 0 aliphatic carbocycles. The number of unbranched alkanes of at least 4 members (excludes halogenated alkanes) is 1. The smallest absolute Gasteiger partial charge is 0.407 e. The van der Waals surface area contributed by atoms with Gasteiger partial charge in [0.1, 0.15) is 5.52 Å². The number of ether oxygens (including phenoxy) is 1. The van der Waals surface area contributed by atoms with Crippen molar-refractivity contribution >= 4 is 29.0 Å². The highest BCUT2D eigenvalue weighted by Crippen LogP contribution is 2.19. The first-order valence-electron chi connectivity index (χ1n) is 10.6. The molecule has 31 heavy (non-hydrogen) atoms. The fraction of sp³-hybridized carbons (Fsp3) is 0.455. The van der Waals surface area contributed by atoms with Crippen LogP contribution >= 0.6 is 0 Å². The minimum atomic E-state index is -0.412. The number of imidazole rings is 1. The third-order valence-electron chi connectivity index (χ3n) is 4.54. The summed E-state index contributed by atoms with van der Waals surface area (Å²) in [5.74, 6) is 0.911. The fourth-order valence-corrected chi connectivity index (χ4v) is 2.91. The Morgan fingerprint density at radius 2 is 1.90 bits per heavy atom. The molecule has 0 bridgehead atoms. The lowest BCUT2D eigenvalue weighted by atomic mass is 10.1. The van der Waals surface area contributed by atoms with Gasteiger partial charge in [0.25, 0.3) is 0 Å². The van der Waals surface area contributed by atoms with Gasteiger partial charge in [-0.2, -0.15) is 9.97 Å². The number of hydrogen-bond acceptors (Lipinski definition) is 7. The van der Waals surface area contributed by atoms with Crippen LogP contribution in [0.2, 0.25) is 0 Å². The minimum absolute atomic E-state index is 0.1000. The van der Waals surface area contributed by atoms with E-state index in [0.717, 1.165) is 18.4 Å². The zero-order chi connectivity index (χ0) is 22.8. The van der Waals surface area contributed by atoms with Crippen LogP contribution in [-0.2, 0) is 11.3 Å². The molecule has 0 saturated heterocycles. The van der Waals surface area contributed by atoms with Gasteiger partial charge in [0.15, 0.2) is 11.5 Å². The molecule has 0 spiro atoms. The number of carbonyl (C=O) groups excluding carboxylic acids is 1. The van der Waals surface area contributed by atoms with E-state index in [1.54, 1.807) is 11.2 Å². The summed E-state index contributed by atoms with van der Waals surface area (Å²) in [6.07, 6.45) is 2.84. The van der Waals surface area contributed by atoms with Crippen molar-refractivity contribution in [3.05, 3.63) is 42.2 Å². The Kier molecular flexibility index (Phi) is 9.05. The van der Waals surface area contributed by atoms with Crippen molar-refractivity contribution in [2.75, 3.05) is 31.3 Å². The van der Waals surface area contributed by atoms with E-state index in [9.17, 15) is 4.79 Å². The maximum absolute atomic E-state index is 11.9. The molecule has 1 unspecified atom stereocenters. The molecule has 3 N–H and O–H groups in total. The van der Waals surface area contributed by atoms with Crippen LogP contribution in [0.4, 0.5) is 16.6 Å². The maximum atomic E-state index is 11.9. The summed E-state index contributed by atoms with van der Waals surface area (Å²) in [4.78, 5) is 26.8. The second-order valence-corrected chi connectivity index (χ2v) is 7.03. The largest absolute Gasteiger partial charge is 0.450 e. The number of amides is 1. The Hall–Kier alpha value is -3.36. The number of aryl methyl sites for hydroxylation is 1. The number of benzene rings is 1. The van der Waals surface area contributed by atoms with E-state index in [-0.39, 0.29) is 6.04 Å². The van der Waals surface area contributed by atoms with Gasteiger partial charge < -0.3 is 25.3 Å². The van der Waals surface area contributed by atoms with E-state index < -0.39 is 6.09 Å². The zero-order valence-electron chi connectivity index (χ0n) is 19.0. The van der Waals surface area contributed by atoms with Gasteiger partial charge in [0, 0.05) is 20.6 Å². The highest BCUT2D eigenvalue weighted by molar-refractivity contribution is 5.82. The van der Waals surface area contributed by atoms with Crippen LogP contribution in [0, 0.1) is 0 Å². The van der Waals surface area contributed by atoms with Gasteiger partial charge in [0.2, 0.25) is 5.95 Å². The summed E-state index contributed by atoms with van der Waals surface area (Å²) in [6.45, 7) is 6.97. The standard InChI is InChI=1S/C20H27N7O2.C2H6/c1-14(15-9-5-4-6-10-15)23-20(28)29-12-8-7-11-27-13-22-16-17(21)24-19(26(2)3)25-18(16)27;1-2/h4-6,9-10,13-14H,7-8,11-12H2,1-3H3,(H,23,28)(H2,21,24,25);1-2H3. The summed E-state index contributed by atoms with van der Waals surface area (Å²) in [6, 6.07) is 9.67. The van der Waals surface area contributed by atoms with Crippen LogP contribution in [0.3, 0.4) is 0 Å². The van der Waals surface area contributed by atoms with Crippen molar-refractivity contribution < 1.29 is 9.53 Å². The van der Waals surface area contributed by atoms with Crippen LogP contribution in [0.25, 0.3) is 11.2 Å². The number of alkyl carbamates (subject to hydrolysis) is 1. The van der Waals surface area contributed by atoms with Crippen LogP contribution < -0.4 is 16.0 Å². The van der Waals surface area contributed by atoms with E-state index in [1.807, 2.05) is 69.8 Å². The second-order valence-electron chi connectivity index (χ2n) is 7.03. The highest BCUT2D eigenvalue weighted by atomic mass is 16.5. The van der Waals surface area contributed by atoms with Gasteiger partial charge in [-0.25, -0.2) is 9.78 Å². The Bertz CT molecular complexity index is 957. The molecule has 1 atom stereocenters. The van der Waals surface area contributed by atoms with Crippen LogP contribution in [0.1, 0.15) is 45.2 Å². The molecule has 2 heterocycles. The Labute approximate surface area is 183 Å². The minimum Gasteiger partial charge on any atom is -0.450 e. The van der Waals surface area contributed by atoms with Crippen molar-refractivity contribution in [2.24, 2.45) is 0 Å². The van der Waals surface area contributed by atoms with E-state index >= 15 is 0 Å². The number of anilines is 2. The molecule has 0 aliphatic rings. The summed E-state index contributed by atoms with van der Waals surface area (Å²) >= 11 is 0. The average Bonchev–Trinajstić information content (AvgIpc) is 3.19. The molecule has 0 aliphatic heterocycles. The first kappa shape index (κ1) is 23.9. The third kappa shape index (κ3) is 6.56. The number of aromatic nitrogens is 4. The molecule has 3 aromatic rings.